The Morgan fingerprint density at radius 1 is 1.17 bits per heavy atom. The van der Waals surface area contributed by atoms with Crippen LogP contribution in [0.4, 0.5) is 5.69 Å². The molecule has 2 aromatic carbocycles. The van der Waals surface area contributed by atoms with Crippen molar-refractivity contribution >= 4 is 29.1 Å². The number of anilines is 1. The molecule has 2 heterocycles. The van der Waals surface area contributed by atoms with Crippen molar-refractivity contribution in [3.63, 3.8) is 0 Å². The molecule has 2 amide bonds. The van der Waals surface area contributed by atoms with E-state index >= 15 is 0 Å². The van der Waals surface area contributed by atoms with Gasteiger partial charge in [-0.25, -0.2) is 4.68 Å². The van der Waals surface area contributed by atoms with Crippen molar-refractivity contribution in [1.82, 2.24) is 20.3 Å². The Balaban J connectivity index is 1.39. The Hall–Kier alpha value is -3.23. The number of aromatic nitrogens is 3. The average Bonchev–Trinajstić information content (AvgIpc) is 3.22. The molecule has 0 saturated carbocycles. The van der Waals surface area contributed by atoms with Crippen LogP contribution in [0.1, 0.15) is 16.1 Å². The summed E-state index contributed by atoms with van der Waals surface area (Å²) < 4.78 is 6.77. The van der Waals surface area contributed by atoms with Crippen LogP contribution in [-0.2, 0) is 16.1 Å². The molecule has 0 spiro atoms. The van der Waals surface area contributed by atoms with Gasteiger partial charge in [0, 0.05) is 22.8 Å². The van der Waals surface area contributed by atoms with Gasteiger partial charge in [0.05, 0.1) is 25.0 Å². The number of benzene rings is 2. The van der Waals surface area contributed by atoms with Crippen LogP contribution >= 0.6 is 11.6 Å². The van der Waals surface area contributed by atoms with Gasteiger partial charge in [0.25, 0.3) is 11.8 Å². The van der Waals surface area contributed by atoms with Crippen LogP contribution in [0.3, 0.4) is 0 Å². The van der Waals surface area contributed by atoms with E-state index in [-0.39, 0.29) is 25.0 Å². The minimum Gasteiger partial charge on any atom is -0.370 e. The van der Waals surface area contributed by atoms with Crippen LogP contribution in [-0.4, -0.2) is 46.6 Å². The number of hydrogen-bond donors (Lipinski definition) is 1. The molecule has 29 heavy (non-hydrogen) atoms. The lowest BCUT2D eigenvalue weighted by molar-refractivity contribution is -0.125. The molecule has 4 rings (SSSR count). The summed E-state index contributed by atoms with van der Waals surface area (Å²) in [4.78, 5) is 25.8. The zero-order valence-electron chi connectivity index (χ0n) is 15.4. The Labute approximate surface area is 172 Å². The summed E-state index contributed by atoms with van der Waals surface area (Å²) in [6.07, 6.45) is 1.74. The normalized spacial score (nSPS) is 14.1. The Morgan fingerprint density at radius 3 is 2.72 bits per heavy atom. The third kappa shape index (κ3) is 4.44. The fourth-order valence-corrected chi connectivity index (χ4v) is 3.17. The number of morpholine rings is 1. The molecule has 3 aromatic rings. The molecule has 8 nitrogen and oxygen atoms in total. The summed E-state index contributed by atoms with van der Waals surface area (Å²) in [5, 5.41) is 11.5. The molecular weight excluding hydrogens is 394 g/mol. The lowest BCUT2D eigenvalue weighted by atomic mass is 10.2. The van der Waals surface area contributed by atoms with E-state index < -0.39 is 0 Å². The molecule has 148 valence electrons. The molecule has 0 atom stereocenters. The molecule has 1 aliphatic heterocycles. The average molecular weight is 412 g/mol. The third-order valence-corrected chi connectivity index (χ3v) is 4.70. The van der Waals surface area contributed by atoms with Crippen molar-refractivity contribution in [1.29, 1.82) is 0 Å². The highest BCUT2D eigenvalue weighted by molar-refractivity contribution is 6.30. The number of amides is 2. The first kappa shape index (κ1) is 19.1. The number of hydrogen-bond acceptors (Lipinski definition) is 5. The molecule has 9 heteroatoms. The molecule has 0 radical (unpaired) electrons. The van der Waals surface area contributed by atoms with E-state index in [1.54, 1.807) is 40.0 Å². The quantitative estimate of drug-likeness (QED) is 0.695. The second-order valence-corrected chi connectivity index (χ2v) is 6.90. The number of ether oxygens (including phenoxy) is 1. The molecule has 1 saturated heterocycles. The van der Waals surface area contributed by atoms with E-state index in [2.05, 4.69) is 15.6 Å². The van der Waals surface area contributed by atoms with E-state index in [1.807, 2.05) is 24.3 Å². The number of nitrogens with one attached hydrogen (secondary N) is 1. The van der Waals surface area contributed by atoms with Crippen molar-refractivity contribution in [2.24, 2.45) is 0 Å². The van der Waals surface area contributed by atoms with Crippen LogP contribution < -0.4 is 10.2 Å². The van der Waals surface area contributed by atoms with Crippen molar-refractivity contribution < 1.29 is 14.3 Å². The standard InChI is InChI=1S/C20H18ClN5O3/c21-15-3-1-2-14(10-15)20(28)22-11-16-12-26(24-23-16)18-6-4-17(5-7-18)25-8-9-29-13-19(25)27/h1-7,10,12H,8-9,11,13H2,(H,22,28). The summed E-state index contributed by atoms with van der Waals surface area (Å²) in [5.74, 6) is -0.288. The maximum absolute atomic E-state index is 12.2. The molecule has 1 aromatic heterocycles. The van der Waals surface area contributed by atoms with Gasteiger partial charge in [-0.3, -0.25) is 9.59 Å². The van der Waals surface area contributed by atoms with E-state index in [4.69, 9.17) is 16.3 Å². The van der Waals surface area contributed by atoms with Crippen molar-refractivity contribution in [2.75, 3.05) is 24.7 Å². The molecule has 1 aliphatic rings. The highest BCUT2D eigenvalue weighted by Crippen LogP contribution is 2.19. The van der Waals surface area contributed by atoms with Gasteiger partial charge < -0.3 is 15.0 Å². The van der Waals surface area contributed by atoms with E-state index in [0.29, 0.717) is 29.4 Å². The summed E-state index contributed by atoms with van der Waals surface area (Å²) in [6, 6.07) is 14.2. The molecular formula is C20H18ClN5O3. The second-order valence-electron chi connectivity index (χ2n) is 6.46. The van der Waals surface area contributed by atoms with Crippen LogP contribution in [0.25, 0.3) is 5.69 Å². The smallest absolute Gasteiger partial charge is 0.253 e. The zero-order chi connectivity index (χ0) is 20.2. The first-order chi connectivity index (χ1) is 14.1. The Kier molecular flexibility index (Phi) is 5.55. The number of rotatable bonds is 5. The minimum atomic E-state index is -0.235. The lowest BCUT2D eigenvalue weighted by Crippen LogP contribution is -2.41. The van der Waals surface area contributed by atoms with Gasteiger partial charge in [0.1, 0.15) is 12.3 Å². The topological polar surface area (TPSA) is 89.4 Å². The summed E-state index contributed by atoms with van der Waals surface area (Å²) in [6.45, 7) is 1.42. The molecule has 0 aliphatic carbocycles. The fraction of sp³-hybridized carbons (Fsp3) is 0.200. The first-order valence-corrected chi connectivity index (χ1v) is 9.41. The van der Waals surface area contributed by atoms with E-state index in [0.717, 1.165) is 11.4 Å². The van der Waals surface area contributed by atoms with Crippen LogP contribution in [0.2, 0.25) is 5.02 Å². The van der Waals surface area contributed by atoms with Crippen molar-refractivity contribution in [3.05, 3.63) is 71.0 Å². The Morgan fingerprint density at radius 2 is 1.97 bits per heavy atom. The van der Waals surface area contributed by atoms with Crippen LogP contribution in [0.5, 0.6) is 0 Å². The Bertz CT molecular complexity index is 1030. The summed E-state index contributed by atoms with van der Waals surface area (Å²) in [7, 11) is 0. The van der Waals surface area contributed by atoms with Gasteiger partial charge in [-0.05, 0) is 42.5 Å². The number of carbonyl (C=O) groups is 2. The number of carbonyl (C=O) groups excluding carboxylic acids is 2. The maximum Gasteiger partial charge on any atom is 0.253 e. The van der Waals surface area contributed by atoms with Gasteiger partial charge >= 0.3 is 0 Å². The van der Waals surface area contributed by atoms with Gasteiger partial charge in [0.15, 0.2) is 0 Å². The lowest BCUT2D eigenvalue weighted by Gasteiger charge is -2.26. The molecule has 1 N–H and O–H groups in total. The maximum atomic E-state index is 12.2. The SMILES string of the molecule is O=C(NCc1cn(-c2ccc(N3CCOCC3=O)cc2)nn1)c1cccc(Cl)c1. The predicted molar refractivity (Wildman–Crippen MR) is 107 cm³/mol. The highest BCUT2D eigenvalue weighted by Gasteiger charge is 2.20. The van der Waals surface area contributed by atoms with Crippen molar-refractivity contribution in [2.45, 2.75) is 6.54 Å². The minimum absolute atomic E-state index is 0.0533. The van der Waals surface area contributed by atoms with Crippen LogP contribution in [0.15, 0.2) is 54.7 Å². The predicted octanol–water partition coefficient (Wildman–Crippen LogP) is 2.21. The summed E-state index contributed by atoms with van der Waals surface area (Å²) >= 11 is 5.91. The van der Waals surface area contributed by atoms with Gasteiger partial charge in [-0.2, -0.15) is 0 Å². The third-order valence-electron chi connectivity index (χ3n) is 4.47. The summed E-state index contributed by atoms with van der Waals surface area (Å²) in [5.41, 5.74) is 2.72. The highest BCUT2D eigenvalue weighted by atomic mass is 35.5. The van der Waals surface area contributed by atoms with Gasteiger partial charge in [-0.15, -0.1) is 5.10 Å². The molecule has 0 unspecified atom stereocenters. The second kappa shape index (κ2) is 8.42. The van der Waals surface area contributed by atoms with E-state index in [9.17, 15) is 9.59 Å². The fourth-order valence-electron chi connectivity index (χ4n) is 2.98. The monoisotopic (exact) mass is 411 g/mol. The van der Waals surface area contributed by atoms with Crippen molar-refractivity contribution in [3.8, 4) is 5.69 Å². The molecule has 1 fully saturated rings. The molecule has 0 bridgehead atoms. The number of halogens is 1. The number of nitrogens with zero attached hydrogens (tertiary/aromatic N) is 4. The first-order valence-electron chi connectivity index (χ1n) is 9.04. The van der Waals surface area contributed by atoms with E-state index in [1.165, 1.54) is 0 Å². The van der Waals surface area contributed by atoms with Gasteiger partial charge in [0.2, 0.25) is 0 Å². The largest absolute Gasteiger partial charge is 0.370 e. The van der Waals surface area contributed by atoms with Crippen LogP contribution in [0, 0.1) is 0 Å². The zero-order valence-corrected chi connectivity index (χ0v) is 16.2. The van der Waals surface area contributed by atoms with Gasteiger partial charge in [-0.1, -0.05) is 22.9 Å².